The van der Waals surface area contributed by atoms with Crippen LogP contribution < -0.4 is 5.32 Å². The number of para-hydroxylation sites is 1. The van der Waals surface area contributed by atoms with Crippen LogP contribution in [0.3, 0.4) is 0 Å². The molecule has 0 atom stereocenters. The number of nitrogens with zero attached hydrogens (tertiary/aromatic N) is 4. The highest BCUT2D eigenvalue weighted by atomic mass is 32.2. The second-order valence-corrected chi connectivity index (χ2v) is 12.1. The van der Waals surface area contributed by atoms with Gasteiger partial charge in [-0.25, -0.2) is 13.1 Å². The van der Waals surface area contributed by atoms with Gasteiger partial charge in [0.05, 0.1) is 10.6 Å². The molecule has 9 heteroatoms. The molecule has 0 unspecified atom stereocenters. The summed E-state index contributed by atoms with van der Waals surface area (Å²) in [6, 6.07) is 27.6. The molecular weight excluding hydrogens is 534 g/mol. The Labute approximate surface area is 240 Å². The van der Waals surface area contributed by atoms with Crippen molar-refractivity contribution in [3.63, 3.8) is 0 Å². The first-order chi connectivity index (χ1) is 19.8. The molecule has 1 aliphatic rings. The van der Waals surface area contributed by atoms with Gasteiger partial charge in [0, 0.05) is 37.0 Å². The third kappa shape index (κ3) is 6.46. The quantitative estimate of drug-likeness (QED) is 0.234. The molecule has 3 aromatic carbocycles. The van der Waals surface area contributed by atoms with Crippen molar-refractivity contribution >= 4 is 22.0 Å². The fourth-order valence-electron chi connectivity index (χ4n) is 4.79. The zero-order valence-corrected chi connectivity index (χ0v) is 23.6. The fraction of sp³-hybridized carbons (Fsp3) is 0.219. The summed E-state index contributed by atoms with van der Waals surface area (Å²) in [5.41, 5.74) is 3.16. The highest BCUT2D eigenvalue weighted by Crippen LogP contribution is 2.30. The number of rotatable bonds is 8. The second-order valence-electron chi connectivity index (χ2n) is 10.2. The molecule has 208 valence electrons. The lowest BCUT2D eigenvalue weighted by atomic mass is 10.0. The molecule has 1 aliphatic heterocycles. The molecular formula is C32H31N5O3S. The summed E-state index contributed by atoms with van der Waals surface area (Å²) in [4.78, 5) is 13.1. The number of carbonyl (C=O) groups excluding carboxylic acids is 1. The molecule has 2 heterocycles. The summed E-state index contributed by atoms with van der Waals surface area (Å²) in [6.07, 6.45) is 4.90. The summed E-state index contributed by atoms with van der Waals surface area (Å²) in [7, 11) is -3.68. The Kier molecular flexibility index (Phi) is 8.43. The van der Waals surface area contributed by atoms with Crippen LogP contribution in [0.15, 0.2) is 102 Å². The molecule has 1 aromatic heterocycles. The van der Waals surface area contributed by atoms with E-state index >= 15 is 0 Å². The Morgan fingerprint density at radius 2 is 1.71 bits per heavy atom. The minimum absolute atomic E-state index is 0.0824. The number of carbonyl (C=O) groups is 1. The van der Waals surface area contributed by atoms with E-state index in [9.17, 15) is 18.5 Å². The predicted octanol–water partition coefficient (Wildman–Crippen LogP) is 5.18. The van der Waals surface area contributed by atoms with Crippen LogP contribution in [0, 0.1) is 17.2 Å². The Balaban J connectivity index is 1.51. The first kappa shape index (κ1) is 28.0. The average Bonchev–Trinajstić information content (AvgIpc) is 3.44. The van der Waals surface area contributed by atoms with E-state index in [1.54, 1.807) is 39.4 Å². The van der Waals surface area contributed by atoms with Crippen molar-refractivity contribution in [1.29, 1.82) is 5.26 Å². The van der Waals surface area contributed by atoms with Gasteiger partial charge in [0.2, 0.25) is 10.0 Å². The molecule has 4 aromatic rings. The smallest absolute Gasteiger partial charge is 0.262 e. The number of piperidine rings is 1. The van der Waals surface area contributed by atoms with Gasteiger partial charge in [-0.2, -0.15) is 14.7 Å². The maximum Gasteiger partial charge on any atom is 0.262 e. The van der Waals surface area contributed by atoms with Gasteiger partial charge < -0.3 is 5.32 Å². The predicted molar refractivity (Wildman–Crippen MR) is 158 cm³/mol. The molecule has 1 amide bonds. The minimum atomic E-state index is -3.68. The Hall–Kier alpha value is -4.52. The van der Waals surface area contributed by atoms with Crippen LogP contribution in [-0.2, 0) is 21.4 Å². The molecule has 1 fully saturated rings. The van der Waals surface area contributed by atoms with Crippen molar-refractivity contribution in [2.75, 3.05) is 13.1 Å². The zero-order chi connectivity index (χ0) is 28.8. The number of amides is 1. The lowest BCUT2D eigenvalue weighted by molar-refractivity contribution is -0.117. The molecule has 0 aliphatic carbocycles. The molecule has 1 N–H and O–H groups in total. The second kappa shape index (κ2) is 12.3. The van der Waals surface area contributed by atoms with E-state index in [-0.39, 0.29) is 17.0 Å². The lowest BCUT2D eigenvalue weighted by Gasteiger charge is -2.29. The summed E-state index contributed by atoms with van der Waals surface area (Å²) < 4.78 is 30.2. The van der Waals surface area contributed by atoms with Crippen molar-refractivity contribution in [1.82, 2.24) is 19.4 Å². The highest BCUT2D eigenvalue weighted by molar-refractivity contribution is 7.89. The van der Waals surface area contributed by atoms with Crippen molar-refractivity contribution in [2.45, 2.75) is 31.2 Å². The van der Waals surface area contributed by atoms with Crippen LogP contribution in [0.4, 0.5) is 0 Å². The van der Waals surface area contributed by atoms with Crippen LogP contribution in [-0.4, -0.2) is 41.5 Å². The molecule has 41 heavy (non-hydrogen) atoms. The Morgan fingerprint density at radius 3 is 2.39 bits per heavy atom. The van der Waals surface area contributed by atoms with E-state index in [2.05, 4.69) is 12.2 Å². The van der Waals surface area contributed by atoms with Gasteiger partial charge in [0.25, 0.3) is 5.91 Å². The number of hydrogen-bond donors (Lipinski definition) is 1. The van der Waals surface area contributed by atoms with Gasteiger partial charge in [-0.05, 0) is 54.7 Å². The molecule has 0 saturated carbocycles. The molecule has 0 bridgehead atoms. The maximum atomic E-state index is 13.5. The number of hydrogen-bond acceptors (Lipinski definition) is 5. The minimum Gasteiger partial charge on any atom is -0.347 e. The average molecular weight is 566 g/mol. The van der Waals surface area contributed by atoms with Gasteiger partial charge >= 0.3 is 0 Å². The van der Waals surface area contributed by atoms with Crippen LogP contribution in [0.2, 0.25) is 0 Å². The van der Waals surface area contributed by atoms with Gasteiger partial charge in [-0.1, -0.05) is 67.6 Å². The topological polar surface area (TPSA) is 108 Å². The fourth-order valence-corrected chi connectivity index (χ4v) is 6.30. The third-order valence-electron chi connectivity index (χ3n) is 7.21. The lowest BCUT2D eigenvalue weighted by Crippen LogP contribution is -2.37. The molecule has 5 rings (SSSR count). The largest absolute Gasteiger partial charge is 0.347 e. The highest BCUT2D eigenvalue weighted by Gasteiger charge is 2.28. The van der Waals surface area contributed by atoms with E-state index in [1.807, 2.05) is 66.7 Å². The Morgan fingerprint density at radius 1 is 1.02 bits per heavy atom. The van der Waals surface area contributed by atoms with E-state index < -0.39 is 15.9 Å². The van der Waals surface area contributed by atoms with E-state index in [0.717, 1.165) is 24.1 Å². The summed E-state index contributed by atoms with van der Waals surface area (Å²) in [6.45, 7) is 3.41. The molecule has 0 spiro atoms. The van der Waals surface area contributed by atoms with E-state index in [1.165, 1.54) is 6.08 Å². The first-order valence-electron chi connectivity index (χ1n) is 13.5. The van der Waals surface area contributed by atoms with Crippen molar-refractivity contribution in [2.24, 2.45) is 5.92 Å². The third-order valence-corrected chi connectivity index (χ3v) is 9.11. The summed E-state index contributed by atoms with van der Waals surface area (Å²) in [5.74, 6) is -0.00581. The van der Waals surface area contributed by atoms with Crippen molar-refractivity contribution in [3.8, 4) is 23.0 Å². The van der Waals surface area contributed by atoms with E-state index in [4.69, 9.17) is 5.10 Å². The van der Waals surface area contributed by atoms with Gasteiger partial charge in [-0.15, -0.1) is 0 Å². The normalized spacial score (nSPS) is 14.9. The number of aromatic nitrogens is 2. The van der Waals surface area contributed by atoms with Crippen LogP contribution in [0.5, 0.6) is 0 Å². The SMILES string of the molecule is CC1CCN(S(=O)(=O)c2cccc(-c3nn(-c4ccccc4)cc3/C=C(/C#N)C(=O)NCc3ccccc3)c2)CC1. The molecule has 1 saturated heterocycles. The zero-order valence-electron chi connectivity index (χ0n) is 22.8. The van der Waals surface area contributed by atoms with Crippen molar-refractivity contribution in [3.05, 3.63) is 108 Å². The number of nitriles is 1. The Bertz CT molecular complexity index is 1700. The summed E-state index contributed by atoms with van der Waals surface area (Å²) >= 11 is 0. The van der Waals surface area contributed by atoms with Crippen LogP contribution in [0.25, 0.3) is 23.0 Å². The number of nitrogens with one attached hydrogen (secondary N) is 1. The number of benzene rings is 3. The van der Waals surface area contributed by atoms with Gasteiger partial charge in [0.1, 0.15) is 17.3 Å². The van der Waals surface area contributed by atoms with Crippen LogP contribution in [0.1, 0.15) is 30.9 Å². The maximum absolute atomic E-state index is 13.5. The van der Waals surface area contributed by atoms with Gasteiger partial charge in [0.15, 0.2) is 0 Å². The number of sulfonamides is 1. The molecule has 0 radical (unpaired) electrons. The van der Waals surface area contributed by atoms with Crippen LogP contribution >= 0.6 is 0 Å². The van der Waals surface area contributed by atoms with Gasteiger partial charge in [-0.3, -0.25) is 4.79 Å². The standard InChI is InChI=1S/C32H31N5O3S/c1-24-15-17-36(18-16-24)41(39,40)30-14-8-11-26(20-30)31-28(23-37(35-31)29-12-6-3-7-13-29)19-27(21-33)32(38)34-22-25-9-4-2-5-10-25/h2-14,19-20,23-24H,15-18,22H2,1H3,(H,34,38)/b27-19-. The summed E-state index contributed by atoms with van der Waals surface area (Å²) in [5, 5.41) is 17.4. The van der Waals surface area contributed by atoms with E-state index in [0.29, 0.717) is 35.8 Å². The monoisotopic (exact) mass is 565 g/mol. The van der Waals surface area contributed by atoms with Crippen molar-refractivity contribution < 1.29 is 13.2 Å². The first-order valence-corrected chi connectivity index (χ1v) is 15.0. The molecule has 8 nitrogen and oxygen atoms in total.